The maximum absolute atomic E-state index is 12.3. The molecule has 0 atom stereocenters. The molecule has 0 spiro atoms. The molecule has 0 amide bonds. The lowest BCUT2D eigenvalue weighted by molar-refractivity contribution is -0.129. The molecule has 0 saturated carbocycles. The van der Waals surface area contributed by atoms with E-state index in [0.717, 1.165) is 0 Å². The van der Waals surface area contributed by atoms with Crippen molar-refractivity contribution in [3.63, 3.8) is 0 Å². The van der Waals surface area contributed by atoms with Crippen LogP contribution in [0.1, 0.15) is 28.4 Å². The van der Waals surface area contributed by atoms with Crippen molar-refractivity contribution in [2.75, 3.05) is 13.2 Å². The second kappa shape index (κ2) is 10.1. The van der Waals surface area contributed by atoms with Crippen LogP contribution < -0.4 is 9.47 Å². The zero-order valence-electron chi connectivity index (χ0n) is 17.8. The van der Waals surface area contributed by atoms with Crippen LogP contribution in [0.2, 0.25) is 5.02 Å². The van der Waals surface area contributed by atoms with Gasteiger partial charge in [-0.05, 0) is 42.8 Å². The van der Waals surface area contributed by atoms with E-state index in [1.54, 1.807) is 72.8 Å². The van der Waals surface area contributed by atoms with Crippen molar-refractivity contribution in [1.29, 1.82) is 0 Å². The highest BCUT2D eigenvalue weighted by atomic mass is 35.5. The Morgan fingerprint density at radius 2 is 1.76 bits per heavy atom. The van der Waals surface area contributed by atoms with Crippen molar-refractivity contribution in [3.8, 4) is 11.5 Å². The molecule has 6 nitrogen and oxygen atoms in total. The van der Waals surface area contributed by atoms with Gasteiger partial charge in [0.05, 0.1) is 17.2 Å². The van der Waals surface area contributed by atoms with Gasteiger partial charge in [0.2, 0.25) is 5.90 Å². The standard InChI is InChI=1S/C26H20ClNO5/c1-2-31-24-15-17(12-13-23(24)32-16-22(29)18-8-4-3-5-9-18)14-21-26(30)33-25(28-21)19-10-6-7-11-20(19)27/h3-15H,2,16H2,1H3/b21-14-. The van der Waals surface area contributed by atoms with Gasteiger partial charge in [-0.2, -0.15) is 0 Å². The summed E-state index contributed by atoms with van der Waals surface area (Å²) in [5.74, 6) is 0.323. The average molecular weight is 462 g/mol. The fourth-order valence-electron chi connectivity index (χ4n) is 3.17. The summed E-state index contributed by atoms with van der Waals surface area (Å²) in [5.41, 5.74) is 1.91. The first kappa shape index (κ1) is 22.3. The van der Waals surface area contributed by atoms with E-state index >= 15 is 0 Å². The molecule has 1 aliphatic rings. The molecular formula is C26H20ClNO5. The molecule has 4 rings (SSSR count). The largest absolute Gasteiger partial charge is 0.490 e. The summed E-state index contributed by atoms with van der Waals surface area (Å²) < 4.78 is 16.7. The number of nitrogens with zero attached hydrogens (tertiary/aromatic N) is 1. The summed E-state index contributed by atoms with van der Waals surface area (Å²) in [6.07, 6.45) is 1.59. The van der Waals surface area contributed by atoms with Gasteiger partial charge in [-0.15, -0.1) is 0 Å². The van der Waals surface area contributed by atoms with Gasteiger partial charge in [-0.3, -0.25) is 4.79 Å². The van der Waals surface area contributed by atoms with E-state index in [2.05, 4.69) is 4.99 Å². The Balaban J connectivity index is 1.54. The molecule has 166 valence electrons. The highest BCUT2D eigenvalue weighted by Crippen LogP contribution is 2.31. The molecule has 0 N–H and O–H groups in total. The Morgan fingerprint density at radius 1 is 1.00 bits per heavy atom. The van der Waals surface area contributed by atoms with E-state index < -0.39 is 5.97 Å². The van der Waals surface area contributed by atoms with Crippen LogP contribution in [0, 0.1) is 0 Å². The molecule has 33 heavy (non-hydrogen) atoms. The molecular weight excluding hydrogens is 442 g/mol. The molecule has 7 heteroatoms. The first-order chi connectivity index (χ1) is 16.0. The summed E-state index contributed by atoms with van der Waals surface area (Å²) in [5, 5.41) is 0.440. The second-order valence-electron chi connectivity index (χ2n) is 7.03. The van der Waals surface area contributed by atoms with Crippen LogP contribution in [0.4, 0.5) is 0 Å². The van der Waals surface area contributed by atoms with E-state index in [-0.39, 0.29) is 24.0 Å². The minimum Gasteiger partial charge on any atom is -0.490 e. The molecule has 0 unspecified atom stereocenters. The van der Waals surface area contributed by atoms with Gasteiger partial charge in [0.15, 0.2) is 29.6 Å². The van der Waals surface area contributed by atoms with Crippen molar-refractivity contribution in [1.82, 2.24) is 0 Å². The van der Waals surface area contributed by atoms with Crippen molar-refractivity contribution in [2.45, 2.75) is 6.92 Å². The maximum atomic E-state index is 12.3. The van der Waals surface area contributed by atoms with E-state index in [0.29, 0.717) is 39.8 Å². The smallest absolute Gasteiger partial charge is 0.363 e. The van der Waals surface area contributed by atoms with Crippen molar-refractivity contribution < 1.29 is 23.8 Å². The molecule has 0 bridgehead atoms. The number of carbonyl (C=O) groups excluding carboxylic acids is 2. The third kappa shape index (κ3) is 5.30. The first-order valence-electron chi connectivity index (χ1n) is 10.3. The number of halogens is 1. The monoisotopic (exact) mass is 461 g/mol. The molecule has 0 aromatic heterocycles. The molecule has 0 radical (unpaired) electrons. The lowest BCUT2D eigenvalue weighted by Gasteiger charge is -2.12. The molecule has 0 saturated heterocycles. The molecule has 0 aliphatic carbocycles. The summed E-state index contributed by atoms with van der Waals surface area (Å²) >= 11 is 6.18. The molecule has 3 aromatic rings. The second-order valence-corrected chi connectivity index (χ2v) is 7.44. The van der Waals surface area contributed by atoms with Crippen LogP contribution in [-0.2, 0) is 9.53 Å². The van der Waals surface area contributed by atoms with Gasteiger partial charge in [0.25, 0.3) is 0 Å². The Labute approximate surface area is 196 Å². The van der Waals surface area contributed by atoms with E-state index in [1.165, 1.54) is 0 Å². The van der Waals surface area contributed by atoms with Crippen LogP contribution in [-0.4, -0.2) is 30.9 Å². The average Bonchev–Trinajstić information content (AvgIpc) is 3.19. The quantitative estimate of drug-likeness (QED) is 0.257. The number of ketones is 1. The Morgan fingerprint density at radius 3 is 2.52 bits per heavy atom. The predicted octanol–water partition coefficient (Wildman–Crippen LogP) is 5.34. The highest BCUT2D eigenvalue weighted by Gasteiger charge is 2.25. The fraction of sp³-hybridized carbons (Fsp3) is 0.115. The number of benzene rings is 3. The number of ether oxygens (including phenoxy) is 3. The number of hydrogen-bond donors (Lipinski definition) is 0. The highest BCUT2D eigenvalue weighted by molar-refractivity contribution is 6.34. The molecule has 1 aliphatic heterocycles. The van der Waals surface area contributed by atoms with Gasteiger partial charge >= 0.3 is 5.97 Å². The maximum Gasteiger partial charge on any atom is 0.363 e. The van der Waals surface area contributed by atoms with Gasteiger partial charge in [-0.25, -0.2) is 9.79 Å². The summed E-state index contributed by atoms with van der Waals surface area (Å²) in [4.78, 5) is 29.0. The third-order valence-corrected chi connectivity index (χ3v) is 5.08. The zero-order valence-corrected chi connectivity index (χ0v) is 18.5. The van der Waals surface area contributed by atoms with Crippen LogP contribution in [0.25, 0.3) is 6.08 Å². The number of carbonyl (C=O) groups is 2. The predicted molar refractivity (Wildman–Crippen MR) is 126 cm³/mol. The molecule has 3 aromatic carbocycles. The Kier molecular flexibility index (Phi) is 6.86. The van der Waals surface area contributed by atoms with Crippen LogP contribution in [0.3, 0.4) is 0 Å². The lowest BCUT2D eigenvalue weighted by Crippen LogP contribution is -2.12. The summed E-state index contributed by atoms with van der Waals surface area (Å²) in [6, 6.07) is 21.1. The SMILES string of the molecule is CCOc1cc(/C=C2\N=C(c3ccccc3Cl)OC2=O)ccc1OCC(=O)c1ccccc1. The van der Waals surface area contributed by atoms with Gasteiger partial charge < -0.3 is 14.2 Å². The topological polar surface area (TPSA) is 74.2 Å². The number of esters is 1. The van der Waals surface area contributed by atoms with Crippen molar-refractivity contribution in [2.24, 2.45) is 4.99 Å². The normalized spacial score (nSPS) is 14.1. The lowest BCUT2D eigenvalue weighted by atomic mass is 10.1. The number of rotatable bonds is 8. The van der Waals surface area contributed by atoms with Crippen LogP contribution in [0.15, 0.2) is 83.5 Å². The fourth-order valence-corrected chi connectivity index (χ4v) is 3.39. The number of Topliss-reactive ketones (excluding diaryl/α,β-unsaturated/α-hetero) is 1. The van der Waals surface area contributed by atoms with E-state index in [1.807, 2.05) is 13.0 Å². The number of hydrogen-bond acceptors (Lipinski definition) is 6. The Bertz CT molecular complexity index is 1250. The minimum atomic E-state index is -0.573. The van der Waals surface area contributed by atoms with E-state index in [9.17, 15) is 9.59 Å². The van der Waals surface area contributed by atoms with Gasteiger partial charge in [-0.1, -0.05) is 60.1 Å². The summed E-state index contributed by atoms with van der Waals surface area (Å²) in [6.45, 7) is 2.13. The third-order valence-electron chi connectivity index (χ3n) is 4.75. The van der Waals surface area contributed by atoms with Crippen molar-refractivity contribution in [3.05, 3.63) is 100 Å². The van der Waals surface area contributed by atoms with Crippen molar-refractivity contribution >= 4 is 35.3 Å². The van der Waals surface area contributed by atoms with E-state index in [4.69, 9.17) is 25.8 Å². The van der Waals surface area contributed by atoms with Crippen LogP contribution in [0.5, 0.6) is 11.5 Å². The van der Waals surface area contributed by atoms with Gasteiger partial charge in [0.1, 0.15) is 0 Å². The first-order valence-corrected chi connectivity index (χ1v) is 10.7. The minimum absolute atomic E-state index is 0.123. The summed E-state index contributed by atoms with van der Waals surface area (Å²) in [7, 11) is 0. The number of aliphatic imine (C=N–C) groups is 1. The molecule has 0 fully saturated rings. The Hall–Kier alpha value is -3.90. The zero-order chi connectivity index (χ0) is 23.2. The van der Waals surface area contributed by atoms with Crippen LogP contribution >= 0.6 is 11.6 Å². The molecule has 1 heterocycles. The van der Waals surface area contributed by atoms with Gasteiger partial charge in [0, 0.05) is 5.56 Å². The number of cyclic esters (lactones) is 1.